The van der Waals surface area contributed by atoms with E-state index >= 15 is 0 Å². The number of aromatic nitrogens is 4. The van der Waals surface area contributed by atoms with Crippen molar-refractivity contribution in [2.24, 2.45) is 0 Å². The zero-order valence-electron chi connectivity index (χ0n) is 18.7. The fourth-order valence-electron chi connectivity index (χ4n) is 3.64. The lowest BCUT2D eigenvalue weighted by Crippen LogP contribution is -2.39. The van der Waals surface area contributed by atoms with Gasteiger partial charge in [0.2, 0.25) is 11.8 Å². The number of aryl methyl sites for hydroxylation is 3. The van der Waals surface area contributed by atoms with E-state index in [1.165, 1.54) is 0 Å². The maximum Gasteiger partial charge on any atom is 0.257 e. The van der Waals surface area contributed by atoms with Crippen LogP contribution in [0.3, 0.4) is 0 Å². The van der Waals surface area contributed by atoms with Crippen molar-refractivity contribution in [3.8, 4) is 5.88 Å². The van der Waals surface area contributed by atoms with Crippen LogP contribution in [0.2, 0.25) is 0 Å². The molecule has 0 radical (unpaired) electrons. The molecule has 0 saturated carbocycles. The Morgan fingerprint density at radius 3 is 2.44 bits per heavy atom. The summed E-state index contributed by atoms with van der Waals surface area (Å²) in [6.45, 7) is 7.55. The lowest BCUT2D eigenvalue weighted by atomic mass is 10.1. The number of carbonyl (C=O) groups excluding carboxylic acids is 1. The number of nitrogens with one attached hydrogen (secondary N) is 1. The van der Waals surface area contributed by atoms with E-state index in [-0.39, 0.29) is 12.0 Å². The van der Waals surface area contributed by atoms with E-state index in [0.717, 1.165) is 55.3 Å². The van der Waals surface area contributed by atoms with E-state index in [0.29, 0.717) is 17.1 Å². The number of rotatable bonds is 6. The molecule has 8 nitrogen and oxygen atoms in total. The first kappa shape index (κ1) is 21.7. The largest absolute Gasteiger partial charge is 0.474 e. The van der Waals surface area contributed by atoms with Crippen LogP contribution in [-0.2, 0) is 6.42 Å². The summed E-state index contributed by atoms with van der Waals surface area (Å²) in [5.74, 6) is 1.07. The van der Waals surface area contributed by atoms with Gasteiger partial charge in [-0.25, -0.2) is 15.0 Å². The third-order valence-electron chi connectivity index (χ3n) is 5.58. The predicted molar refractivity (Wildman–Crippen MR) is 123 cm³/mol. The van der Waals surface area contributed by atoms with E-state index in [1.54, 1.807) is 18.3 Å². The van der Waals surface area contributed by atoms with Crippen LogP contribution in [0.4, 0.5) is 11.6 Å². The Morgan fingerprint density at radius 2 is 1.81 bits per heavy atom. The van der Waals surface area contributed by atoms with Crippen molar-refractivity contribution >= 4 is 17.5 Å². The van der Waals surface area contributed by atoms with Crippen molar-refractivity contribution in [3.63, 3.8) is 0 Å². The van der Waals surface area contributed by atoms with Gasteiger partial charge < -0.3 is 15.0 Å². The Bertz CT molecular complexity index is 1060. The maximum atomic E-state index is 12.5. The minimum atomic E-state index is -0.222. The third kappa shape index (κ3) is 5.19. The number of hydrogen-bond acceptors (Lipinski definition) is 7. The second-order valence-corrected chi connectivity index (χ2v) is 7.97. The summed E-state index contributed by atoms with van der Waals surface area (Å²) in [5.41, 5.74) is 4.00. The number of ether oxygens (including phenoxy) is 1. The minimum absolute atomic E-state index is 0.0784. The Morgan fingerprint density at radius 1 is 1.06 bits per heavy atom. The van der Waals surface area contributed by atoms with E-state index in [4.69, 9.17) is 4.74 Å². The van der Waals surface area contributed by atoms with E-state index < -0.39 is 0 Å². The van der Waals surface area contributed by atoms with E-state index in [9.17, 15) is 4.79 Å². The fraction of sp³-hybridized carbons (Fsp3) is 0.375. The standard InChI is InChI=1S/C24H28N6O2/c1-4-18-13-26-24(27-14-18)30-11-9-20(10-12-30)32-22-8-6-19(15-25-22)23(31)29-21-7-5-16(2)28-17(21)3/h5-8,13-15,20H,4,9-12H2,1-3H3,(H,29,31). The molecule has 0 aliphatic carbocycles. The second kappa shape index (κ2) is 9.72. The highest BCUT2D eigenvalue weighted by molar-refractivity contribution is 6.04. The molecule has 1 saturated heterocycles. The molecule has 1 aliphatic heterocycles. The minimum Gasteiger partial charge on any atom is -0.474 e. The van der Waals surface area contributed by atoms with Crippen LogP contribution >= 0.6 is 0 Å². The molecular formula is C24H28N6O2. The Balaban J connectivity index is 1.29. The number of pyridine rings is 2. The van der Waals surface area contributed by atoms with Gasteiger partial charge in [0.1, 0.15) is 6.10 Å². The normalized spacial score (nSPS) is 14.3. The first-order valence-corrected chi connectivity index (χ1v) is 11.0. The van der Waals surface area contributed by atoms with Gasteiger partial charge in [0, 0.05) is 56.3 Å². The molecule has 0 bridgehead atoms. The topological polar surface area (TPSA) is 93.1 Å². The van der Waals surface area contributed by atoms with Gasteiger partial charge in [-0.1, -0.05) is 6.92 Å². The second-order valence-electron chi connectivity index (χ2n) is 7.97. The summed E-state index contributed by atoms with van der Waals surface area (Å²) >= 11 is 0. The van der Waals surface area contributed by atoms with Gasteiger partial charge in [0.25, 0.3) is 5.91 Å². The highest BCUT2D eigenvalue weighted by atomic mass is 16.5. The lowest BCUT2D eigenvalue weighted by molar-refractivity contribution is 0.102. The lowest BCUT2D eigenvalue weighted by Gasteiger charge is -2.31. The van der Waals surface area contributed by atoms with Crippen molar-refractivity contribution in [2.45, 2.75) is 46.1 Å². The van der Waals surface area contributed by atoms with Gasteiger partial charge >= 0.3 is 0 Å². The number of anilines is 2. The van der Waals surface area contributed by atoms with Crippen molar-refractivity contribution in [3.05, 3.63) is 65.4 Å². The molecule has 1 aliphatic rings. The number of piperidine rings is 1. The number of amides is 1. The SMILES string of the molecule is CCc1cnc(N2CCC(Oc3ccc(C(=O)Nc4ccc(C)nc4C)cn3)CC2)nc1. The van der Waals surface area contributed by atoms with E-state index in [2.05, 4.69) is 37.1 Å². The molecule has 0 aromatic carbocycles. The first-order valence-electron chi connectivity index (χ1n) is 11.0. The third-order valence-corrected chi connectivity index (χ3v) is 5.58. The van der Waals surface area contributed by atoms with Gasteiger partial charge in [0.15, 0.2) is 0 Å². The molecule has 0 unspecified atom stereocenters. The smallest absolute Gasteiger partial charge is 0.257 e. The van der Waals surface area contributed by atoms with Crippen molar-refractivity contribution < 1.29 is 9.53 Å². The summed E-state index contributed by atoms with van der Waals surface area (Å²) in [7, 11) is 0. The average Bonchev–Trinajstić information content (AvgIpc) is 2.82. The van der Waals surface area contributed by atoms with Crippen LogP contribution in [0.15, 0.2) is 42.9 Å². The summed E-state index contributed by atoms with van der Waals surface area (Å²) < 4.78 is 6.04. The molecule has 4 heterocycles. The first-order chi connectivity index (χ1) is 15.5. The Labute approximate surface area is 188 Å². The van der Waals surface area contributed by atoms with Crippen LogP contribution in [0.25, 0.3) is 0 Å². The van der Waals surface area contributed by atoms with Crippen LogP contribution < -0.4 is 15.0 Å². The number of hydrogen-bond donors (Lipinski definition) is 1. The predicted octanol–water partition coefficient (Wildman–Crippen LogP) is 3.75. The highest BCUT2D eigenvalue weighted by Crippen LogP contribution is 2.21. The molecule has 4 rings (SSSR count). The molecule has 1 amide bonds. The van der Waals surface area contributed by atoms with Crippen LogP contribution in [-0.4, -0.2) is 45.0 Å². The van der Waals surface area contributed by atoms with Crippen molar-refractivity contribution in [2.75, 3.05) is 23.3 Å². The summed E-state index contributed by atoms with van der Waals surface area (Å²) in [6, 6.07) is 7.20. The molecule has 1 fully saturated rings. The van der Waals surface area contributed by atoms with Crippen LogP contribution in [0.1, 0.15) is 47.1 Å². The fourth-order valence-corrected chi connectivity index (χ4v) is 3.64. The summed E-state index contributed by atoms with van der Waals surface area (Å²) in [6.07, 6.45) is 8.07. The molecule has 32 heavy (non-hydrogen) atoms. The van der Waals surface area contributed by atoms with E-state index in [1.807, 2.05) is 38.4 Å². The Kier molecular flexibility index (Phi) is 6.58. The average molecular weight is 433 g/mol. The molecular weight excluding hydrogens is 404 g/mol. The van der Waals surface area contributed by atoms with Gasteiger partial charge in [-0.05, 0) is 44.0 Å². The molecule has 166 valence electrons. The summed E-state index contributed by atoms with van der Waals surface area (Å²) in [4.78, 5) is 32.3. The quantitative estimate of drug-likeness (QED) is 0.634. The zero-order chi connectivity index (χ0) is 22.5. The number of nitrogens with zero attached hydrogens (tertiary/aromatic N) is 5. The Hall–Kier alpha value is -3.55. The van der Waals surface area contributed by atoms with Crippen molar-refractivity contribution in [1.29, 1.82) is 0 Å². The van der Waals surface area contributed by atoms with Crippen molar-refractivity contribution in [1.82, 2.24) is 19.9 Å². The number of carbonyl (C=O) groups is 1. The zero-order valence-corrected chi connectivity index (χ0v) is 18.7. The summed E-state index contributed by atoms with van der Waals surface area (Å²) in [5, 5.41) is 2.88. The molecule has 0 spiro atoms. The van der Waals surface area contributed by atoms with Gasteiger partial charge in [-0.15, -0.1) is 0 Å². The van der Waals surface area contributed by atoms with Crippen LogP contribution in [0, 0.1) is 13.8 Å². The molecule has 3 aromatic heterocycles. The van der Waals surface area contributed by atoms with Gasteiger partial charge in [0.05, 0.1) is 16.9 Å². The molecule has 0 atom stereocenters. The van der Waals surface area contributed by atoms with Crippen LogP contribution in [0.5, 0.6) is 5.88 Å². The van der Waals surface area contributed by atoms with Gasteiger partial charge in [-0.2, -0.15) is 0 Å². The maximum absolute atomic E-state index is 12.5. The highest BCUT2D eigenvalue weighted by Gasteiger charge is 2.22. The van der Waals surface area contributed by atoms with Gasteiger partial charge in [-0.3, -0.25) is 9.78 Å². The monoisotopic (exact) mass is 432 g/mol. The molecule has 8 heteroatoms. The molecule has 3 aromatic rings. The molecule has 1 N–H and O–H groups in total.